The van der Waals surface area contributed by atoms with Crippen LogP contribution in [0.25, 0.3) is 5.52 Å². The van der Waals surface area contributed by atoms with Crippen molar-refractivity contribution in [2.45, 2.75) is 6.54 Å². The van der Waals surface area contributed by atoms with Crippen molar-refractivity contribution >= 4 is 27.4 Å². The maximum absolute atomic E-state index is 12.1. The Labute approximate surface area is 123 Å². The first-order chi connectivity index (χ1) is 9.72. The lowest BCUT2D eigenvalue weighted by molar-refractivity contribution is 0.0945. The Kier molecular flexibility index (Phi) is 3.47. The molecule has 0 radical (unpaired) electrons. The average molecular weight is 331 g/mol. The third-order valence-corrected chi connectivity index (χ3v) is 3.30. The number of hydrogen-bond acceptors (Lipinski definition) is 3. The lowest BCUT2D eigenvalue weighted by Crippen LogP contribution is -2.23. The van der Waals surface area contributed by atoms with Gasteiger partial charge in [0.25, 0.3) is 5.91 Å². The number of hydrogen-bond donors (Lipinski definition) is 1. The van der Waals surface area contributed by atoms with E-state index in [0.29, 0.717) is 12.2 Å². The van der Waals surface area contributed by atoms with E-state index in [2.05, 4.69) is 31.3 Å². The molecule has 5 nitrogen and oxygen atoms in total. The van der Waals surface area contributed by atoms with Gasteiger partial charge in [-0.2, -0.15) is 5.10 Å². The normalized spacial score (nSPS) is 10.7. The largest absolute Gasteiger partial charge is 0.347 e. The van der Waals surface area contributed by atoms with Crippen LogP contribution in [0.15, 0.2) is 53.4 Å². The van der Waals surface area contributed by atoms with Crippen molar-refractivity contribution < 1.29 is 4.79 Å². The van der Waals surface area contributed by atoms with Crippen LogP contribution in [0.5, 0.6) is 0 Å². The highest BCUT2D eigenvalue weighted by Crippen LogP contribution is 2.13. The number of aromatic nitrogens is 3. The van der Waals surface area contributed by atoms with E-state index >= 15 is 0 Å². The first kappa shape index (κ1) is 12.8. The van der Waals surface area contributed by atoms with Crippen LogP contribution in [0.1, 0.15) is 16.1 Å². The van der Waals surface area contributed by atoms with Gasteiger partial charge in [-0.05, 0) is 45.8 Å². The first-order valence-corrected chi connectivity index (χ1v) is 6.84. The zero-order chi connectivity index (χ0) is 13.9. The molecule has 1 amide bonds. The van der Waals surface area contributed by atoms with Crippen molar-refractivity contribution in [2.75, 3.05) is 0 Å². The molecular weight excluding hydrogens is 320 g/mol. The van der Waals surface area contributed by atoms with Crippen LogP contribution < -0.4 is 5.32 Å². The molecule has 0 spiro atoms. The van der Waals surface area contributed by atoms with Gasteiger partial charge in [-0.25, -0.2) is 4.52 Å². The van der Waals surface area contributed by atoms with Crippen LogP contribution in [-0.4, -0.2) is 20.5 Å². The summed E-state index contributed by atoms with van der Waals surface area (Å²) < 4.78 is 2.58. The van der Waals surface area contributed by atoms with E-state index in [4.69, 9.17) is 0 Å². The number of rotatable bonds is 3. The molecule has 3 heterocycles. The summed E-state index contributed by atoms with van der Waals surface area (Å²) in [5.74, 6) is -0.200. The molecule has 3 rings (SSSR count). The molecule has 0 aromatic carbocycles. The molecule has 0 aliphatic heterocycles. The van der Waals surface area contributed by atoms with E-state index in [-0.39, 0.29) is 5.91 Å². The average Bonchev–Trinajstić information content (AvgIpc) is 2.89. The van der Waals surface area contributed by atoms with Crippen molar-refractivity contribution in [3.63, 3.8) is 0 Å². The number of carbonyl (C=O) groups excluding carboxylic acids is 1. The number of pyridine rings is 2. The number of carbonyl (C=O) groups is 1. The molecule has 0 aliphatic carbocycles. The molecule has 0 saturated heterocycles. The maximum Gasteiger partial charge on any atom is 0.272 e. The third kappa shape index (κ3) is 2.70. The Morgan fingerprint density at radius 3 is 3.05 bits per heavy atom. The molecule has 0 unspecified atom stereocenters. The molecular formula is C14H11BrN4O. The SMILES string of the molecule is O=C(NCc1cccnc1)c1cc2ccc(Br)cn2n1. The number of amides is 1. The summed E-state index contributed by atoms with van der Waals surface area (Å²) in [6, 6.07) is 9.31. The number of nitrogens with zero attached hydrogens (tertiary/aromatic N) is 3. The molecule has 0 atom stereocenters. The summed E-state index contributed by atoms with van der Waals surface area (Å²) in [5, 5.41) is 7.07. The minimum atomic E-state index is -0.200. The summed E-state index contributed by atoms with van der Waals surface area (Å²) in [6.45, 7) is 0.435. The van der Waals surface area contributed by atoms with Crippen molar-refractivity contribution in [1.82, 2.24) is 19.9 Å². The summed E-state index contributed by atoms with van der Waals surface area (Å²) in [4.78, 5) is 16.1. The highest BCUT2D eigenvalue weighted by molar-refractivity contribution is 9.10. The Hall–Kier alpha value is -2.21. The van der Waals surface area contributed by atoms with Crippen molar-refractivity contribution in [3.8, 4) is 0 Å². The van der Waals surface area contributed by atoms with E-state index in [0.717, 1.165) is 15.6 Å². The molecule has 20 heavy (non-hydrogen) atoms. The van der Waals surface area contributed by atoms with Gasteiger partial charge in [-0.1, -0.05) is 6.07 Å². The molecule has 0 saturated carbocycles. The van der Waals surface area contributed by atoms with Crippen molar-refractivity contribution in [1.29, 1.82) is 0 Å². The number of nitrogens with one attached hydrogen (secondary N) is 1. The van der Waals surface area contributed by atoms with Crippen molar-refractivity contribution in [3.05, 3.63) is 64.7 Å². The fourth-order valence-corrected chi connectivity index (χ4v) is 2.17. The monoisotopic (exact) mass is 330 g/mol. The molecule has 1 N–H and O–H groups in total. The van der Waals surface area contributed by atoms with E-state index in [1.807, 2.05) is 30.5 Å². The van der Waals surface area contributed by atoms with Gasteiger partial charge in [-0.15, -0.1) is 0 Å². The van der Waals surface area contributed by atoms with E-state index in [1.165, 1.54) is 0 Å². The summed E-state index contributed by atoms with van der Waals surface area (Å²) >= 11 is 3.37. The maximum atomic E-state index is 12.1. The van der Waals surface area contributed by atoms with Crippen molar-refractivity contribution in [2.24, 2.45) is 0 Å². The third-order valence-electron chi connectivity index (χ3n) is 2.83. The predicted octanol–water partition coefficient (Wildman–Crippen LogP) is 2.42. The minimum Gasteiger partial charge on any atom is -0.347 e. The second-order valence-corrected chi connectivity index (χ2v) is 5.21. The molecule has 100 valence electrons. The molecule has 6 heteroatoms. The fourth-order valence-electron chi connectivity index (χ4n) is 1.85. The van der Waals surface area contributed by atoms with Crippen LogP contribution in [0, 0.1) is 0 Å². The Bertz CT molecular complexity index is 754. The van der Waals surface area contributed by atoms with E-state index in [9.17, 15) is 4.79 Å². The molecule has 0 aliphatic rings. The standard InChI is InChI=1S/C14H11BrN4O/c15-11-3-4-12-6-13(18-19(12)9-11)14(20)17-8-10-2-1-5-16-7-10/h1-7,9H,8H2,(H,17,20). The smallest absolute Gasteiger partial charge is 0.272 e. The zero-order valence-corrected chi connectivity index (χ0v) is 12.0. The zero-order valence-electron chi connectivity index (χ0n) is 10.5. The first-order valence-electron chi connectivity index (χ1n) is 6.04. The minimum absolute atomic E-state index is 0.200. The number of fused-ring (bicyclic) bond motifs is 1. The van der Waals surface area contributed by atoms with Gasteiger partial charge in [0.1, 0.15) is 0 Å². The van der Waals surface area contributed by atoms with Gasteiger partial charge in [-0.3, -0.25) is 9.78 Å². The molecule has 3 aromatic rings. The lowest BCUT2D eigenvalue weighted by atomic mass is 10.3. The molecule has 0 fully saturated rings. The Morgan fingerprint density at radius 1 is 1.35 bits per heavy atom. The number of halogens is 1. The molecule has 0 bridgehead atoms. The van der Waals surface area contributed by atoms with Gasteiger partial charge in [0.05, 0.1) is 5.52 Å². The highest BCUT2D eigenvalue weighted by atomic mass is 79.9. The van der Waals surface area contributed by atoms with Crippen LogP contribution in [0.4, 0.5) is 0 Å². The highest BCUT2D eigenvalue weighted by Gasteiger charge is 2.10. The van der Waals surface area contributed by atoms with E-state index < -0.39 is 0 Å². The van der Waals surface area contributed by atoms with Crippen LogP contribution in [0.2, 0.25) is 0 Å². The predicted molar refractivity (Wildman–Crippen MR) is 78.3 cm³/mol. The van der Waals surface area contributed by atoms with Gasteiger partial charge in [0.2, 0.25) is 0 Å². The second-order valence-electron chi connectivity index (χ2n) is 4.29. The Balaban J connectivity index is 1.75. The summed E-state index contributed by atoms with van der Waals surface area (Å²) in [5.41, 5.74) is 2.22. The van der Waals surface area contributed by atoms with Gasteiger partial charge < -0.3 is 5.32 Å². The van der Waals surface area contributed by atoms with Crippen LogP contribution in [0.3, 0.4) is 0 Å². The molecule has 3 aromatic heterocycles. The summed E-state index contributed by atoms with van der Waals surface area (Å²) in [6.07, 6.45) is 5.24. The second kappa shape index (κ2) is 5.42. The fraction of sp³-hybridized carbons (Fsp3) is 0.0714. The van der Waals surface area contributed by atoms with Gasteiger partial charge in [0, 0.05) is 29.6 Å². The quantitative estimate of drug-likeness (QED) is 0.802. The summed E-state index contributed by atoms with van der Waals surface area (Å²) in [7, 11) is 0. The van der Waals surface area contributed by atoms with Gasteiger partial charge in [0.15, 0.2) is 5.69 Å². The lowest BCUT2D eigenvalue weighted by Gasteiger charge is -2.02. The topological polar surface area (TPSA) is 59.3 Å². The van der Waals surface area contributed by atoms with Crippen LogP contribution in [-0.2, 0) is 6.54 Å². The van der Waals surface area contributed by atoms with E-state index in [1.54, 1.807) is 23.0 Å². The van der Waals surface area contributed by atoms with Crippen LogP contribution >= 0.6 is 15.9 Å². The Morgan fingerprint density at radius 2 is 2.25 bits per heavy atom. The van der Waals surface area contributed by atoms with Gasteiger partial charge >= 0.3 is 0 Å².